The fourth-order valence-corrected chi connectivity index (χ4v) is 2.68. The van der Waals surface area contributed by atoms with Crippen LogP contribution in [0.5, 0.6) is 0 Å². The van der Waals surface area contributed by atoms with Crippen molar-refractivity contribution >= 4 is 5.91 Å². The monoisotopic (exact) mass is 321 g/mol. The quantitative estimate of drug-likeness (QED) is 0.870. The molecule has 1 saturated heterocycles. The maximum absolute atomic E-state index is 13.7. The van der Waals surface area contributed by atoms with Crippen molar-refractivity contribution in [3.8, 4) is 0 Å². The smallest absolute Gasteiger partial charge is 0.259 e. The minimum atomic E-state index is -0.824. The summed E-state index contributed by atoms with van der Waals surface area (Å²) >= 11 is 0. The van der Waals surface area contributed by atoms with Crippen molar-refractivity contribution < 1.29 is 18.1 Å². The van der Waals surface area contributed by atoms with Crippen LogP contribution >= 0.6 is 0 Å². The molecule has 0 N–H and O–H groups in total. The fourth-order valence-electron chi connectivity index (χ4n) is 2.68. The molecule has 1 aliphatic rings. The Kier molecular flexibility index (Phi) is 4.38. The molecule has 0 bridgehead atoms. The summed E-state index contributed by atoms with van der Waals surface area (Å²) < 4.78 is 32.6. The van der Waals surface area contributed by atoms with Crippen molar-refractivity contribution in [1.29, 1.82) is 0 Å². The largest absolute Gasteiger partial charge is 0.360 e. The van der Waals surface area contributed by atoms with Crippen LogP contribution in [-0.4, -0.2) is 47.0 Å². The highest BCUT2D eigenvalue weighted by atomic mass is 19.1. The predicted molar refractivity (Wildman–Crippen MR) is 78.8 cm³/mol. The molecular weight excluding hydrogens is 304 g/mol. The maximum Gasteiger partial charge on any atom is 0.259 e. The van der Waals surface area contributed by atoms with Crippen LogP contribution in [0.2, 0.25) is 0 Å². The first-order chi connectivity index (χ1) is 11.0. The number of aryl methyl sites for hydroxylation is 1. The number of hydrogen-bond donors (Lipinski definition) is 0. The molecule has 23 heavy (non-hydrogen) atoms. The minimum Gasteiger partial charge on any atom is -0.360 e. The number of rotatable bonds is 3. The Hall–Kier alpha value is -2.28. The number of piperazine rings is 1. The molecule has 2 aromatic rings. The lowest BCUT2D eigenvalue weighted by atomic mass is 10.1. The maximum atomic E-state index is 13.7. The number of carbonyl (C=O) groups excluding carboxylic acids is 1. The van der Waals surface area contributed by atoms with Crippen molar-refractivity contribution in [3.05, 3.63) is 52.9 Å². The zero-order valence-corrected chi connectivity index (χ0v) is 12.8. The molecule has 0 spiro atoms. The molecule has 0 saturated carbocycles. The second-order valence-electron chi connectivity index (χ2n) is 5.60. The Balaban J connectivity index is 1.61. The number of aromatic nitrogens is 1. The number of halogens is 2. The fraction of sp³-hybridized carbons (Fsp3) is 0.375. The molecule has 0 aliphatic carbocycles. The van der Waals surface area contributed by atoms with Gasteiger partial charge in [0.15, 0.2) is 5.76 Å². The van der Waals surface area contributed by atoms with E-state index in [1.54, 1.807) is 0 Å². The van der Waals surface area contributed by atoms with Crippen LogP contribution in [0.4, 0.5) is 8.78 Å². The third-order valence-electron chi connectivity index (χ3n) is 3.89. The van der Waals surface area contributed by atoms with Gasteiger partial charge in [0.25, 0.3) is 5.91 Å². The molecule has 1 aliphatic heterocycles. The number of benzene rings is 1. The van der Waals surface area contributed by atoms with Crippen LogP contribution < -0.4 is 0 Å². The first-order valence-corrected chi connectivity index (χ1v) is 7.42. The van der Waals surface area contributed by atoms with E-state index in [2.05, 4.69) is 10.1 Å². The second kappa shape index (κ2) is 6.45. The zero-order valence-electron chi connectivity index (χ0n) is 12.8. The average molecular weight is 321 g/mol. The van der Waals surface area contributed by atoms with Gasteiger partial charge in [-0.3, -0.25) is 9.69 Å². The highest BCUT2D eigenvalue weighted by molar-refractivity contribution is 5.94. The highest BCUT2D eigenvalue weighted by Gasteiger charge is 2.26. The lowest BCUT2D eigenvalue weighted by Crippen LogP contribution is -2.48. The van der Waals surface area contributed by atoms with Crippen LogP contribution in [0.25, 0.3) is 0 Å². The van der Waals surface area contributed by atoms with Gasteiger partial charge < -0.3 is 9.42 Å². The molecule has 0 atom stereocenters. The molecule has 0 radical (unpaired) electrons. The molecule has 2 heterocycles. The minimum absolute atomic E-state index is 0.416. The molecule has 7 heteroatoms. The van der Waals surface area contributed by atoms with Gasteiger partial charge in [-0.1, -0.05) is 11.2 Å². The number of amides is 1. The lowest BCUT2D eigenvalue weighted by molar-refractivity contribution is 0.0608. The summed E-state index contributed by atoms with van der Waals surface area (Å²) in [5.41, 5.74) is 0.343. The molecule has 1 aromatic carbocycles. The summed E-state index contributed by atoms with van der Waals surface area (Å²) in [6, 6.07) is 5.31. The van der Waals surface area contributed by atoms with E-state index in [1.807, 2.05) is 13.0 Å². The summed E-state index contributed by atoms with van der Waals surface area (Å²) in [7, 11) is 0. The van der Waals surface area contributed by atoms with Crippen molar-refractivity contribution in [2.45, 2.75) is 13.5 Å². The normalized spacial score (nSPS) is 15.9. The number of carbonyl (C=O) groups is 1. The molecule has 0 unspecified atom stereocenters. The van der Waals surface area contributed by atoms with Gasteiger partial charge in [-0.25, -0.2) is 8.78 Å². The van der Waals surface area contributed by atoms with Gasteiger partial charge in [0.2, 0.25) is 0 Å². The number of hydrogen-bond acceptors (Lipinski definition) is 4. The van der Waals surface area contributed by atoms with E-state index in [-0.39, 0.29) is 0 Å². The third kappa shape index (κ3) is 3.39. The number of nitrogens with zero attached hydrogens (tertiary/aromatic N) is 3. The van der Waals surface area contributed by atoms with Crippen LogP contribution in [0, 0.1) is 18.6 Å². The summed E-state index contributed by atoms with van der Waals surface area (Å²) in [4.78, 5) is 15.9. The van der Waals surface area contributed by atoms with Crippen molar-refractivity contribution in [2.75, 3.05) is 26.2 Å². The second-order valence-corrected chi connectivity index (χ2v) is 5.60. The van der Waals surface area contributed by atoms with Gasteiger partial charge in [-0.05, 0) is 19.1 Å². The highest BCUT2D eigenvalue weighted by Crippen LogP contribution is 2.17. The third-order valence-corrected chi connectivity index (χ3v) is 3.89. The Morgan fingerprint density at radius 3 is 2.43 bits per heavy atom. The Labute approximate surface area is 132 Å². The van der Waals surface area contributed by atoms with Gasteiger partial charge in [-0.15, -0.1) is 0 Å². The van der Waals surface area contributed by atoms with E-state index in [0.717, 1.165) is 23.6 Å². The standard InChI is InChI=1S/C16H17F2N3O2/c1-11-9-12(23-19-11)10-20-5-7-21(8-6-20)16(22)15-13(17)3-2-4-14(15)18/h2-4,9H,5-8,10H2,1H3. The topological polar surface area (TPSA) is 49.6 Å². The molecule has 1 aromatic heterocycles. The van der Waals surface area contributed by atoms with E-state index >= 15 is 0 Å². The zero-order chi connectivity index (χ0) is 16.4. The van der Waals surface area contributed by atoms with Gasteiger partial charge in [0, 0.05) is 32.2 Å². The average Bonchev–Trinajstić information content (AvgIpc) is 2.93. The molecule has 3 rings (SSSR count). The van der Waals surface area contributed by atoms with E-state index in [0.29, 0.717) is 32.7 Å². The van der Waals surface area contributed by atoms with Crippen molar-refractivity contribution in [2.24, 2.45) is 0 Å². The molecule has 1 fully saturated rings. The SMILES string of the molecule is Cc1cc(CN2CCN(C(=O)c3c(F)cccc3F)CC2)on1. The van der Waals surface area contributed by atoms with Crippen LogP contribution in [0.1, 0.15) is 21.8 Å². The van der Waals surface area contributed by atoms with Gasteiger partial charge in [-0.2, -0.15) is 0 Å². The molecular formula is C16H17F2N3O2. The van der Waals surface area contributed by atoms with Gasteiger partial charge >= 0.3 is 0 Å². The first-order valence-electron chi connectivity index (χ1n) is 7.42. The summed E-state index contributed by atoms with van der Waals surface area (Å²) in [6.45, 7) is 4.52. The van der Waals surface area contributed by atoms with Crippen molar-refractivity contribution in [1.82, 2.24) is 15.0 Å². The summed E-state index contributed by atoms with van der Waals surface area (Å²) in [5, 5.41) is 3.83. The molecule has 122 valence electrons. The summed E-state index contributed by atoms with van der Waals surface area (Å²) in [5.74, 6) is -1.48. The van der Waals surface area contributed by atoms with Crippen molar-refractivity contribution in [3.63, 3.8) is 0 Å². The molecule has 1 amide bonds. The van der Waals surface area contributed by atoms with Crippen LogP contribution in [0.15, 0.2) is 28.8 Å². The predicted octanol–water partition coefficient (Wildman–Crippen LogP) is 2.22. The van der Waals surface area contributed by atoms with E-state index < -0.39 is 23.1 Å². The Morgan fingerprint density at radius 1 is 1.22 bits per heavy atom. The van der Waals surface area contributed by atoms with Crippen LogP contribution in [0.3, 0.4) is 0 Å². The van der Waals surface area contributed by atoms with Crippen LogP contribution in [-0.2, 0) is 6.54 Å². The van der Waals surface area contributed by atoms with E-state index in [1.165, 1.54) is 11.0 Å². The van der Waals surface area contributed by atoms with E-state index in [9.17, 15) is 13.6 Å². The van der Waals surface area contributed by atoms with Gasteiger partial charge in [0.1, 0.15) is 17.2 Å². The molecule has 5 nitrogen and oxygen atoms in total. The Morgan fingerprint density at radius 2 is 1.87 bits per heavy atom. The lowest BCUT2D eigenvalue weighted by Gasteiger charge is -2.34. The summed E-state index contributed by atoms with van der Waals surface area (Å²) in [6.07, 6.45) is 0. The Bertz CT molecular complexity index is 689. The first kappa shape index (κ1) is 15.6. The van der Waals surface area contributed by atoms with Gasteiger partial charge in [0.05, 0.1) is 12.2 Å². The van der Waals surface area contributed by atoms with E-state index in [4.69, 9.17) is 4.52 Å².